The predicted octanol–water partition coefficient (Wildman–Crippen LogP) is 9.18. The highest BCUT2D eigenvalue weighted by molar-refractivity contribution is 6.39. The van der Waals surface area contributed by atoms with Crippen molar-refractivity contribution in [3.63, 3.8) is 0 Å². The first kappa shape index (κ1) is 89.9. The summed E-state index contributed by atoms with van der Waals surface area (Å²) in [5, 5.41) is 54.8. The Labute approximate surface area is 577 Å². The summed E-state index contributed by atoms with van der Waals surface area (Å²) in [6.45, 7) is 26.1. The molecule has 2 heterocycles. The average Bonchev–Trinajstić information content (AvgIpc) is 1.85. The lowest BCUT2D eigenvalue weighted by Gasteiger charge is -2.29. The number of rotatable bonds is 18. The van der Waals surface area contributed by atoms with Crippen LogP contribution in [0, 0.1) is 46.8 Å². The Kier molecular flexibility index (Phi) is 41.3. The molecular formula is C66H104N8O25. The molecule has 0 unspecified atom stereocenters. The third kappa shape index (κ3) is 35.8. The summed E-state index contributed by atoms with van der Waals surface area (Å²) in [5.41, 5.74) is 3.11. The lowest BCUT2D eigenvalue weighted by Crippen LogP contribution is -2.33. The number of nitriles is 1. The van der Waals surface area contributed by atoms with Crippen LogP contribution >= 0.6 is 0 Å². The Bertz CT molecular complexity index is 2990. The molecule has 4 saturated carbocycles. The number of carboxylic acids is 2. The SMILES string of the molecule is C.CC(C)(C)OC(=O)C1CCC(C(=O)O)CC1.CCOC(=O)/C(CC(=O)C1CCC(C(=O)OC(C)(C)C)CC1)=N\O.CCOC(=O)/C(N)=N/O.CCOC(=O)C#N.CCOC(=O)c1noc(C2CCC(C(=O)O)CC2)n1.CCOC(=O)c1noc(C2CCC(C(=O)OC(C)(C)C)CC2)n1. The van der Waals surface area contributed by atoms with Crippen LogP contribution in [0.3, 0.4) is 0 Å². The molecule has 2 aromatic rings. The van der Waals surface area contributed by atoms with Crippen molar-refractivity contribution in [1.82, 2.24) is 20.3 Å². The predicted molar refractivity (Wildman–Crippen MR) is 348 cm³/mol. The third-order valence-electron chi connectivity index (χ3n) is 14.7. The van der Waals surface area contributed by atoms with Crippen LogP contribution in [0.1, 0.15) is 258 Å². The first-order chi connectivity index (χ1) is 45.9. The number of hydrogen-bond acceptors (Lipinski definition) is 30. The number of nitrogens with two attached hydrogens (primary N) is 1. The van der Waals surface area contributed by atoms with Gasteiger partial charge in [0.15, 0.2) is 11.8 Å². The minimum atomic E-state index is -0.817. The molecule has 0 saturated heterocycles. The second kappa shape index (κ2) is 45.5. The molecular weight excluding hydrogens is 1300 g/mol. The molecule has 99 heavy (non-hydrogen) atoms. The zero-order valence-corrected chi connectivity index (χ0v) is 58.7. The van der Waals surface area contributed by atoms with Gasteiger partial charge in [-0.25, -0.2) is 24.0 Å². The second-order valence-electron chi connectivity index (χ2n) is 25.8. The molecule has 0 radical (unpaired) electrons. The van der Waals surface area contributed by atoms with Gasteiger partial charge in [-0.1, -0.05) is 17.7 Å². The number of aliphatic carboxylic acids is 2. The van der Waals surface area contributed by atoms with Gasteiger partial charge in [0.05, 0.1) is 69.0 Å². The van der Waals surface area contributed by atoms with Gasteiger partial charge in [-0.15, -0.1) is 0 Å². The largest absolute Gasteiger partial charge is 0.481 e. The van der Waals surface area contributed by atoms with Gasteiger partial charge in [0.25, 0.3) is 11.6 Å². The molecule has 0 atom stereocenters. The van der Waals surface area contributed by atoms with E-state index in [9.17, 15) is 52.7 Å². The Balaban J connectivity index is 0.00000121. The smallest absolute Gasteiger partial charge is 0.411 e. The lowest BCUT2D eigenvalue weighted by atomic mass is 9.79. The minimum Gasteiger partial charge on any atom is -0.481 e. The van der Waals surface area contributed by atoms with Crippen molar-refractivity contribution in [2.24, 2.45) is 51.6 Å². The van der Waals surface area contributed by atoms with E-state index in [0.717, 1.165) is 25.7 Å². The lowest BCUT2D eigenvalue weighted by molar-refractivity contribution is -0.163. The standard InChI is InChI=1S/C17H27NO6.C16H24N2O5.C12H16N2O5.C12H20O4.C4H8N2O3.C4H5NO2.CH4/c1-5-23-16(21)13(18-22)10-14(19)11-6-8-12(9-7-11)15(20)24-17(2,3)4;1-5-21-15(20)12-17-13(23-18-12)10-6-8-11(9-7-10)14(19)22-16(2,3)4;1-2-18-12(17)9-13-10(19-14-9)7-3-5-8(6-4-7)11(15)16;1-12(2,3)16-11(15)9-6-4-8(5-7-9)10(13)14;1-2-9-4(7)3(5)6-8;1-2-7-4(6)3-5;/h11-12,22H,5-10H2,1-4H3;10-11H,5-9H2,1-4H3;7-8H,2-6H2,1H3,(H,15,16);8-9H,4-7H2,1-3H3,(H,13,14);8H,2H2,1H3,(H2,5,6);2H2,1H3;1H4/b18-13-;;;;;;. The number of oxime groups is 2. The van der Waals surface area contributed by atoms with Gasteiger partial charge in [0.1, 0.15) is 22.6 Å². The third-order valence-corrected chi connectivity index (χ3v) is 14.7. The van der Waals surface area contributed by atoms with Gasteiger partial charge < -0.3 is 73.3 Å². The average molecular weight is 1410 g/mol. The van der Waals surface area contributed by atoms with Crippen molar-refractivity contribution in [3.8, 4) is 6.07 Å². The number of ketones is 1. The molecule has 4 fully saturated rings. The van der Waals surface area contributed by atoms with Crippen LogP contribution in [-0.4, -0.2) is 168 Å². The summed E-state index contributed by atoms with van der Waals surface area (Å²) in [5.74, 6) is -6.71. The fourth-order valence-electron chi connectivity index (χ4n) is 9.99. The minimum absolute atomic E-state index is 0. The van der Waals surface area contributed by atoms with Crippen LogP contribution in [0.5, 0.6) is 0 Å². The van der Waals surface area contributed by atoms with E-state index in [1.165, 1.54) is 6.07 Å². The van der Waals surface area contributed by atoms with Crippen molar-refractivity contribution >= 4 is 77.0 Å². The van der Waals surface area contributed by atoms with Gasteiger partial charge in [0.2, 0.25) is 17.6 Å². The molecule has 4 aliphatic rings. The second-order valence-corrected chi connectivity index (χ2v) is 25.8. The monoisotopic (exact) mass is 1410 g/mol. The summed E-state index contributed by atoms with van der Waals surface area (Å²) in [7, 11) is 0. The zero-order valence-electron chi connectivity index (χ0n) is 58.7. The Morgan fingerprint density at radius 1 is 0.475 bits per heavy atom. The van der Waals surface area contributed by atoms with Crippen molar-refractivity contribution in [2.45, 2.75) is 242 Å². The van der Waals surface area contributed by atoms with E-state index in [2.05, 4.69) is 40.1 Å². The van der Waals surface area contributed by atoms with E-state index in [-0.39, 0.29) is 135 Å². The first-order valence-corrected chi connectivity index (χ1v) is 32.7. The number of carbonyl (C=O) groups excluding carboxylic acids is 9. The van der Waals surface area contributed by atoms with Crippen molar-refractivity contribution in [2.75, 3.05) is 33.0 Å². The normalized spacial score (nSPS) is 20.5. The molecule has 0 spiro atoms. The van der Waals surface area contributed by atoms with Crippen LogP contribution in [0.15, 0.2) is 19.4 Å². The first-order valence-electron chi connectivity index (χ1n) is 32.7. The summed E-state index contributed by atoms with van der Waals surface area (Å²) in [6.07, 6.45) is 9.96. The maximum absolute atomic E-state index is 12.3. The molecule has 0 aromatic carbocycles. The summed E-state index contributed by atoms with van der Waals surface area (Å²) in [4.78, 5) is 133. The highest BCUT2D eigenvalue weighted by Crippen LogP contribution is 2.38. The van der Waals surface area contributed by atoms with Gasteiger partial charge in [-0.3, -0.25) is 28.8 Å². The van der Waals surface area contributed by atoms with E-state index in [1.54, 1.807) is 34.6 Å². The van der Waals surface area contributed by atoms with E-state index in [4.69, 9.17) is 69.1 Å². The molecule has 33 nitrogen and oxygen atoms in total. The maximum Gasteiger partial charge on any atom is 0.411 e. The summed E-state index contributed by atoms with van der Waals surface area (Å²) < 4.78 is 49.2. The molecule has 33 heteroatoms. The van der Waals surface area contributed by atoms with Gasteiger partial charge in [0, 0.05) is 17.8 Å². The van der Waals surface area contributed by atoms with Crippen LogP contribution < -0.4 is 5.73 Å². The number of carbonyl (C=O) groups is 11. The summed E-state index contributed by atoms with van der Waals surface area (Å²) >= 11 is 0. The maximum atomic E-state index is 12.3. The fraction of sp³-hybridized carbons (Fsp3) is 0.727. The van der Waals surface area contributed by atoms with Crippen LogP contribution in [0.4, 0.5) is 0 Å². The molecule has 0 bridgehead atoms. The van der Waals surface area contributed by atoms with E-state index in [0.29, 0.717) is 88.8 Å². The Morgan fingerprint density at radius 2 is 0.778 bits per heavy atom. The van der Waals surface area contributed by atoms with E-state index in [1.807, 2.05) is 62.3 Å². The van der Waals surface area contributed by atoms with Crippen molar-refractivity contribution in [1.29, 1.82) is 5.26 Å². The molecule has 0 aliphatic heterocycles. The fourth-order valence-corrected chi connectivity index (χ4v) is 9.99. The van der Waals surface area contributed by atoms with E-state index < -0.39 is 64.4 Å². The van der Waals surface area contributed by atoms with Gasteiger partial charge in [-0.05, 0) is 210 Å². The van der Waals surface area contributed by atoms with Gasteiger partial charge >= 0.3 is 59.7 Å². The highest BCUT2D eigenvalue weighted by atomic mass is 16.6. The number of aromatic nitrogens is 4. The number of Topliss-reactive ketones (excluding diaryl/α,β-unsaturated/α-hetero) is 1. The quantitative estimate of drug-likeness (QED) is 0.0176. The van der Waals surface area contributed by atoms with Crippen molar-refractivity contribution < 1.29 is 120 Å². The van der Waals surface area contributed by atoms with E-state index >= 15 is 0 Å². The molecule has 6 rings (SSSR count). The van der Waals surface area contributed by atoms with Gasteiger partial charge in [-0.2, -0.15) is 15.2 Å². The number of amidine groups is 1. The Hall–Kier alpha value is -9.12. The number of nitrogens with zero attached hydrogens (tertiary/aromatic N) is 7. The van der Waals surface area contributed by atoms with Crippen LogP contribution in [0.2, 0.25) is 0 Å². The molecule has 4 aliphatic carbocycles. The van der Waals surface area contributed by atoms with Crippen molar-refractivity contribution in [3.05, 3.63) is 23.4 Å². The highest BCUT2D eigenvalue weighted by Gasteiger charge is 2.37. The zero-order chi connectivity index (χ0) is 74.5. The number of esters is 8. The van der Waals surface area contributed by atoms with Crippen LogP contribution in [0.25, 0.3) is 0 Å². The topological polar surface area (TPSA) is 495 Å². The number of hydrogen-bond donors (Lipinski definition) is 5. The number of carboxylic acid groups (broad SMARTS) is 2. The summed E-state index contributed by atoms with van der Waals surface area (Å²) in [6, 6.07) is 1.30. The van der Waals surface area contributed by atoms with Crippen LogP contribution in [-0.2, 0) is 81.0 Å². The molecule has 2 aromatic heterocycles. The molecule has 0 amide bonds. The molecule has 6 N–H and O–H groups in total. The Morgan fingerprint density at radius 3 is 1.06 bits per heavy atom. The number of ether oxygens (including phenoxy) is 8. The molecule has 558 valence electrons.